The maximum atomic E-state index is 13.1. The molecule has 0 radical (unpaired) electrons. The minimum atomic E-state index is -1.12. The van der Waals surface area contributed by atoms with E-state index in [-0.39, 0.29) is 25.0 Å². The van der Waals surface area contributed by atoms with Crippen molar-refractivity contribution in [1.29, 1.82) is 0 Å². The van der Waals surface area contributed by atoms with Gasteiger partial charge >= 0.3 is 12.2 Å². The average Bonchev–Trinajstić information content (AvgIpc) is 3.94. The van der Waals surface area contributed by atoms with Gasteiger partial charge in [-0.15, -0.1) is 0 Å². The molecule has 2 fully saturated rings. The van der Waals surface area contributed by atoms with Crippen molar-refractivity contribution in [2.24, 2.45) is 11.8 Å². The zero-order valence-corrected chi connectivity index (χ0v) is 32.5. The van der Waals surface area contributed by atoms with Gasteiger partial charge in [-0.05, 0) is 74.1 Å². The number of aliphatic hydroxyl groups excluding tert-OH is 1. The fourth-order valence-electron chi connectivity index (χ4n) is 6.78. The van der Waals surface area contributed by atoms with E-state index in [1.807, 2.05) is 79.7 Å². The van der Waals surface area contributed by atoms with E-state index in [9.17, 15) is 29.1 Å². The molecule has 2 aromatic carbocycles. The van der Waals surface area contributed by atoms with Gasteiger partial charge in [-0.25, -0.2) is 19.4 Å². The van der Waals surface area contributed by atoms with Crippen LogP contribution in [0.1, 0.15) is 82.1 Å². The number of aryl methyl sites for hydroxylation is 1. The number of imide groups is 2. The zero-order valence-electron chi connectivity index (χ0n) is 32.5. The first-order valence-electron chi connectivity index (χ1n) is 19.4. The molecule has 298 valence electrons. The smallest absolute Gasteiger partial charge is 0.416 e. The number of nitrogens with zero attached hydrogens (tertiary/aromatic N) is 2. The lowest BCUT2D eigenvalue weighted by atomic mass is 9.96. The van der Waals surface area contributed by atoms with Crippen molar-refractivity contribution in [2.45, 2.75) is 96.9 Å². The van der Waals surface area contributed by atoms with Crippen LogP contribution in [0.5, 0.6) is 0 Å². The Morgan fingerprint density at radius 3 is 1.91 bits per heavy atom. The van der Waals surface area contributed by atoms with Gasteiger partial charge < -0.3 is 23.7 Å². The summed E-state index contributed by atoms with van der Waals surface area (Å²) in [5, 5.41) is 10.6. The van der Waals surface area contributed by atoms with Crippen LogP contribution < -0.4 is 0 Å². The van der Waals surface area contributed by atoms with Crippen molar-refractivity contribution < 1.29 is 47.7 Å². The highest BCUT2D eigenvalue weighted by molar-refractivity contribution is 6.01. The number of ketones is 1. The van der Waals surface area contributed by atoms with Gasteiger partial charge in [0.2, 0.25) is 11.8 Å². The Labute approximate surface area is 328 Å². The van der Waals surface area contributed by atoms with E-state index in [0.29, 0.717) is 24.4 Å². The van der Waals surface area contributed by atoms with E-state index in [0.717, 1.165) is 58.8 Å². The second kappa shape index (κ2) is 19.9. The molecular weight excluding hydrogens is 716 g/mol. The Kier molecular flexibility index (Phi) is 14.8. The molecule has 12 nitrogen and oxygen atoms in total. The van der Waals surface area contributed by atoms with Gasteiger partial charge in [-0.2, -0.15) is 0 Å². The highest BCUT2D eigenvalue weighted by Gasteiger charge is 2.44. The molecule has 3 aliphatic rings. The van der Waals surface area contributed by atoms with Crippen LogP contribution in [0.3, 0.4) is 0 Å². The molecule has 6 rings (SSSR count). The van der Waals surface area contributed by atoms with Crippen LogP contribution in [0.15, 0.2) is 101 Å². The number of benzene rings is 2. The number of rotatable bonds is 14. The molecule has 12 heteroatoms. The van der Waals surface area contributed by atoms with Crippen LogP contribution >= 0.6 is 0 Å². The number of unbranched alkanes of at least 4 members (excludes halogenated alkanes) is 2. The minimum Gasteiger partial charge on any atom is -0.482 e. The van der Waals surface area contributed by atoms with Gasteiger partial charge in [0, 0.05) is 6.42 Å². The summed E-state index contributed by atoms with van der Waals surface area (Å²) in [5.74, 6) is -1.09. The molecule has 0 spiro atoms. The predicted molar refractivity (Wildman–Crippen MR) is 207 cm³/mol. The molecular formula is C44H52N2O10. The second-order valence-corrected chi connectivity index (χ2v) is 14.4. The summed E-state index contributed by atoms with van der Waals surface area (Å²) in [6.45, 7) is 7.67. The largest absolute Gasteiger partial charge is 0.482 e. The molecule has 2 saturated heterocycles. The van der Waals surface area contributed by atoms with Crippen molar-refractivity contribution >= 4 is 29.8 Å². The number of aliphatic hydroxyl groups is 1. The molecule has 4 heterocycles. The third-order valence-electron chi connectivity index (χ3n) is 10.1. The molecule has 6 atom stereocenters. The highest BCUT2D eigenvalue weighted by atomic mass is 16.6. The summed E-state index contributed by atoms with van der Waals surface area (Å²) in [4.78, 5) is 65.0. The first kappa shape index (κ1) is 41.7. The van der Waals surface area contributed by atoms with E-state index < -0.39 is 54.1 Å². The summed E-state index contributed by atoms with van der Waals surface area (Å²) in [6.07, 6.45) is 7.21. The molecule has 0 saturated carbocycles. The van der Waals surface area contributed by atoms with Gasteiger partial charge in [0.1, 0.15) is 36.6 Å². The lowest BCUT2D eigenvalue weighted by Crippen LogP contribution is -2.48. The van der Waals surface area contributed by atoms with Crippen LogP contribution in [0, 0.1) is 11.8 Å². The van der Waals surface area contributed by atoms with E-state index >= 15 is 0 Å². The lowest BCUT2D eigenvalue weighted by Gasteiger charge is -2.29. The molecule has 1 N–H and O–H groups in total. The van der Waals surface area contributed by atoms with Crippen LogP contribution in [0.4, 0.5) is 9.59 Å². The molecule has 56 heavy (non-hydrogen) atoms. The van der Waals surface area contributed by atoms with Crippen molar-refractivity contribution in [3.05, 3.63) is 119 Å². The normalized spacial score (nSPS) is 21.5. The van der Waals surface area contributed by atoms with Crippen molar-refractivity contribution in [3.8, 4) is 0 Å². The number of hydrogen-bond acceptors (Lipinski definition) is 10. The Morgan fingerprint density at radius 1 is 0.786 bits per heavy atom. The Balaban J connectivity index is 0.000000214. The Hall–Kier alpha value is -5.49. The molecule has 1 unspecified atom stereocenters. The molecule has 3 aliphatic heterocycles. The number of amides is 4. The van der Waals surface area contributed by atoms with Gasteiger partial charge in [0.15, 0.2) is 11.9 Å². The third-order valence-corrected chi connectivity index (χ3v) is 10.1. The summed E-state index contributed by atoms with van der Waals surface area (Å²) in [5.41, 5.74) is 2.03. The van der Waals surface area contributed by atoms with Crippen molar-refractivity contribution in [3.63, 3.8) is 0 Å². The topological polar surface area (TPSA) is 153 Å². The number of carbonyl (C=O) groups excluding carboxylic acids is 5. The van der Waals surface area contributed by atoms with Crippen LogP contribution in [0.25, 0.3) is 0 Å². The number of cyclic esters (lactones) is 2. The lowest BCUT2D eigenvalue weighted by molar-refractivity contribution is -0.142. The van der Waals surface area contributed by atoms with Crippen molar-refractivity contribution in [2.75, 3.05) is 13.2 Å². The maximum Gasteiger partial charge on any atom is 0.416 e. The van der Waals surface area contributed by atoms with Gasteiger partial charge in [0.05, 0.1) is 23.9 Å². The summed E-state index contributed by atoms with van der Waals surface area (Å²) < 4.78 is 21.7. The quantitative estimate of drug-likeness (QED) is 0.177. The first-order valence-corrected chi connectivity index (χ1v) is 19.4. The molecule has 0 bridgehead atoms. The van der Waals surface area contributed by atoms with E-state index in [4.69, 9.17) is 18.6 Å². The minimum absolute atomic E-state index is 0.146. The first-order chi connectivity index (χ1) is 27.0. The number of furan rings is 1. The summed E-state index contributed by atoms with van der Waals surface area (Å²) in [6, 6.07) is 22.0. The van der Waals surface area contributed by atoms with E-state index in [1.165, 1.54) is 6.08 Å². The fraction of sp³-hybridized carbons (Fsp3) is 0.432. The van der Waals surface area contributed by atoms with Gasteiger partial charge in [-0.3, -0.25) is 14.4 Å². The molecule has 1 aromatic heterocycles. The Morgan fingerprint density at radius 2 is 1.36 bits per heavy atom. The van der Waals surface area contributed by atoms with Crippen molar-refractivity contribution in [1.82, 2.24) is 9.80 Å². The van der Waals surface area contributed by atoms with Crippen LogP contribution in [0.2, 0.25) is 0 Å². The molecule has 3 aromatic rings. The highest BCUT2D eigenvalue weighted by Crippen LogP contribution is 2.29. The molecule has 4 amide bonds. The van der Waals surface area contributed by atoms with Crippen LogP contribution in [-0.4, -0.2) is 76.1 Å². The Bertz CT molecular complexity index is 1870. The van der Waals surface area contributed by atoms with Crippen LogP contribution in [-0.2, 0) is 47.9 Å². The number of allylic oxidation sites excluding steroid dienone is 2. The summed E-state index contributed by atoms with van der Waals surface area (Å²) in [7, 11) is 0. The fourth-order valence-corrected chi connectivity index (χ4v) is 6.78. The SMILES string of the molecule is CCC/C=C1/C=CC(=O)C([C@H](C)C(=O)N2C(=O)OC[C@@H]2Cc2ccccc2)O1.CCCCc1ccc([C@@H](O)[C@H](C)C(=O)N2C(=O)OC[C@@H]2Cc2ccccc2)o1. The second-order valence-electron chi connectivity index (χ2n) is 14.4. The molecule has 0 aliphatic carbocycles. The van der Waals surface area contributed by atoms with Gasteiger partial charge in [-0.1, -0.05) is 94.3 Å². The third kappa shape index (κ3) is 10.4. The van der Waals surface area contributed by atoms with Gasteiger partial charge in [0.25, 0.3) is 0 Å². The standard InChI is InChI=1S/C22H27NO5.C22H25NO5/c1-3-4-10-18-11-12-19(28-18)20(24)15(2)21(25)23-17(14-27-22(23)26)13-16-8-6-5-7-9-16;1-3-4-10-18-11-12-19(24)20(28-18)15(2)21(25)23-17(14-27-22(23)26)13-16-8-6-5-7-9-16/h5-9,11-12,15,17,20,24H,3-4,10,13-14H2,1-2H3;5-12,15,17,20H,3-4,13-14H2,1-2H3/b;18-10-/t15-,17-,20-;15-,17-,20?/m00/s1. The number of ether oxygens (including phenoxy) is 3. The monoisotopic (exact) mass is 768 g/mol. The average molecular weight is 769 g/mol. The van der Waals surface area contributed by atoms with E-state index in [1.54, 1.807) is 26.0 Å². The van der Waals surface area contributed by atoms with E-state index in [2.05, 4.69) is 6.92 Å². The maximum absolute atomic E-state index is 13.1. The number of hydrogen-bond donors (Lipinski definition) is 1. The predicted octanol–water partition coefficient (Wildman–Crippen LogP) is 7.30. The summed E-state index contributed by atoms with van der Waals surface area (Å²) >= 11 is 0. The number of carbonyl (C=O) groups is 5. The zero-order chi connectivity index (χ0) is 40.2.